The standard InChI is InChI=1S/C17H26N4O3/c1-24-15-6-4-14(5-7-15)20-16(22)12-21-10-2-3-13(11-21)17(23)19-9-8-18/h4-7,13H,2-3,8-12,18H2,1H3,(H,19,23)(H,20,22). The number of ether oxygens (including phenoxy) is 1. The summed E-state index contributed by atoms with van der Waals surface area (Å²) in [6.45, 7) is 2.65. The lowest BCUT2D eigenvalue weighted by Crippen LogP contribution is -2.46. The quantitative estimate of drug-likeness (QED) is 0.671. The fourth-order valence-electron chi connectivity index (χ4n) is 2.83. The van der Waals surface area contributed by atoms with Crippen LogP contribution in [0.4, 0.5) is 5.69 Å². The summed E-state index contributed by atoms with van der Waals surface area (Å²) in [6, 6.07) is 7.20. The van der Waals surface area contributed by atoms with Crippen molar-refractivity contribution >= 4 is 17.5 Å². The fourth-order valence-corrected chi connectivity index (χ4v) is 2.83. The molecule has 1 unspecified atom stereocenters. The van der Waals surface area contributed by atoms with Crippen LogP contribution in [0.1, 0.15) is 12.8 Å². The number of amides is 2. The van der Waals surface area contributed by atoms with Gasteiger partial charge in [0.2, 0.25) is 11.8 Å². The molecule has 1 aromatic rings. The molecule has 4 N–H and O–H groups in total. The lowest BCUT2D eigenvalue weighted by Gasteiger charge is -2.31. The Morgan fingerprint density at radius 1 is 1.33 bits per heavy atom. The number of carbonyl (C=O) groups is 2. The van der Waals surface area contributed by atoms with Crippen LogP contribution in [-0.2, 0) is 9.59 Å². The summed E-state index contributed by atoms with van der Waals surface area (Å²) in [5.41, 5.74) is 6.14. The fraction of sp³-hybridized carbons (Fsp3) is 0.529. The van der Waals surface area contributed by atoms with E-state index in [4.69, 9.17) is 10.5 Å². The molecule has 2 amide bonds. The van der Waals surface area contributed by atoms with E-state index in [-0.39, 0.29) is 24.3 Å². The van der Waals surface area contributed by atoms with Crippen LogP contribution in [0.15, 0.2) is 24.3 Å². The van der Waals surface area contributed by atoms with Crippen molar-refractivity contribution in [1.82, 2.24) is 10.2 Å². The van der Waals surface area contributed by atoms with Crippen LogP contribution in [-0.4, -0.2) is 56.5 Å². The second-order valence-corrected chi connectivity index (χ2v) is 5.93. The number of anilines is 1. The predicted molar refractivity (Wildman–Crippen MR) is 92.9 cm³/mol. The molecule has 0 bridgehead atoms. The number of hydrogen-bond acceptors (Lipinski definition) is 5. The molecule has 132 valence electrons. The van der Waals surface area contributed by atoms with Crippen molar-refractivity contribution < 1.29 is 14.3 Å². The molecule has 0 aromatic heterocycles. The lowest BCUT2D eigenvalue weighted by molar-refractivity contribution is -0.127. The van der Waals surface area contributed by atoms with E-state index in [0.29, 0.717) is 19.6 Å². The van der Waals surface area contributed by atoms with Crippen LogP contribution in [0.3, 0.4) is 0 Å². The van der Waals surface area contributed by atoms with Crippen molar-refractivity contribution in [2.24, 2.45) is 11.7 Å². The molecule has 0 spiro atoms. The third kappa shape index (κ3) is 5.50. The molecule has 0 aliphatic carbocycles. The summed E-state index contributed by atoms with van der Waals surface area (Å²) < 4.78 is 5.09. The Morgan fingerprint density at radius 3 is 2.75 bits per heavy atom. The monoisotopic (exact) mass is 334 g/mol. The van der Waals surface area contributed by atoms with Crippen molar-refractivity contribution in [1.29, 1.82) is 0 Å². The maximum absolute atomic E-state index is 12.2. The van der Waals surface area contributed by atoms with E-state index in [1.54, 1.807) is 31.4 Å². The van der Waals surface area contributed by atoms with Crippen molar-refractivity contribution in [2.75, 3.05) is 45.2 Å². The number of hydrogen-bond donors (Lipinski definition) is 3. The van der Waals surface area contributed by atoms with Gasteiger partial charge in [0.05, 0.1) is 19.6 Å². The van der Waals surface area contributed by atoms with Gasteiger partial charge in [-0.2, -0.15) is 0 Å². The first-order valence-corrected chi connectivity index (χ1v) is 8.26. The van der Waals surface area contributed by atoms with E-state index in [2.05, 4.69) is 10.6 Å². The van der Waals surface area contributed by atoms with E-state index in [0.717, 1.165) is 30.8 Å². The average Bonchev–Trinajstić information content (AvgIpc) is 2.60. The summed E-state index contributed by atoms with van der Waals surface area (Å²) in [5, 5.41) is 5.69. The molecule has 2 rings (SSSR count). The molecule has 1 aliphatic heterocycles. The molecule has 1 aromatic carbocycles. The number of nitrogens with zero attached hydrogens (tertiary/aromatic N) is 1. The number of carbonyl (C=O) groups excluding carboxylic acids is 2. The molecule has 1 aliphatic rings. The number of rotatable bonds is 7. The van der Waals surface area contributed by atoms with Gasteiger partial charge in [0.1, 0.15) is 5.75 Å². The first-order valence-electron chi connectivity index (χ1n) is 8.26. The number of methoxy groups -OCH3 is 1. The zero-order valence-corrected chi connectivity index (χ0v) is 14.1. The molecule has 0 radical (unpaired) electrons. The molecular weight excluding hydrogens is 308 g/mol. The molecule has 1 atom stereocenters. The summed E-state index contributed by atoms with van der Waals surface area (Å²) in [4.78, 5) is 26.2. The van der Waals surface area contributed by atoms with Crippen LogP contribution in [0.2, 0.25) is 0 Å². The first-order chi connectivity index (χ1) is 11.6. The molecule has 1 heterocycles. The highest BCUT2D eigenvalue weighted by atomic mass is 16.5. The Balaban J connectivity index is 1.81. The predicted octanol–water partition coefficient (Wildman–Crippen LogP) is 0.421. The highest BCUT2D eigenvalue weighted by molar-refractivity contribution is 5.92. The average molecular weight is 334 g/mol. The van der Waals surface area contributed by atoms with E-state index in [1.807, 2.05) is 4.90 Å². The topological polar surface area (TPSA) is 96.7 Å². The van der Waals surface area contributed by atoms with Gasteiger partial charge in [-0.15, -0.1) is 0 Å². The largest absolute Gasteiger partial charge is 0.497 e. The highest BCUT2D eigenvalue weighted by Crippen LogP contribution is 2.17. The minimum absolute atomic E-state index is 0.0284. The van der Waals surface area contributed by atoms with E-state index >= 15 is 0 Å². The number of likely N-dealkylation sites (tertiary alicyclic amines) is 1. The molecular formula is C17H26N4O3. The lowest BCUT2D eigenvalue weighted by atomic mass is 9.97. The van der Waals surface area contributed by atoms with Gasteiger partial charge in [0, 0.05) is 25.3 Å². The number of nitrogens with two attached hydrogens (primary N) is 1. The smallest absolute Gasteiger partial charge is 0.238 e. The summed E-state index contributed by atoms with van der Waals surface area (Å²) in [6.07, 6.45) is 1.77. The number of piperidine rings is 1. The van der Waals surface area contributed by atoms with Crippen molar-refractivity contribution in [3.8, 4) is 5.75 Å². The van der Waals surface area contributed by atoms with Crippen LogP contribution < -0.4 is 21.1 Å². The second kappa shape index (κ2) is 9.24. The Hall–Kier alpha value is -2.12. The third-order valence-electron chi connectivity index (χ3n) is 4.06. The molecule has 7 heteroatoms. The number of nitrogens with one attached hydrogen (secondary N) is 2. The van der Waals surface area contributed by atoms with Crippen LogP contribution in [0, 0.1) is 5.92 Å². The summed E-state index contributed by atoms with van der Waals surface area (Å²) in [7, 11) is 1.60. The maximum Gasteiger partial charge on any atom is 0.238 e. The highest BCUT2D eigenvalue weighted by Gasteiger charge is 2.26. The van der Waals surface area contributed by atoms with Gasteiger partial charge in [-0.25, -0.2) is 0 Å². The van der Waals surface area contributed by atoms with Gasteiger partial charge in [0.15, 0.2) is 0 Å². The van der Waals surface area contributed by atoms with Gasteiger partial charge in [-0.1, -0.05) is 0 Å². The van der Waals surface area contributed by atoms with E-state index in [9.17, 15) is 9.59 Å². The molecule has 0 saturated carbocycles. The Kier molecular flexibility index (Phi) is 7.02. The van der Waals surface area contributed by atoms with Crippen LogP contribution in [0.5, 0.6) is 5.75 Å². The van der Waals surface area contributed by atoms with Crippen molar-refractivity contribution in [2.45, 2.75) is 12.8 Å². The zero-order valence-electron chi connectivity index (χ0n) is 14.1. The van der Waals surface area contributed by atoms with Gasteiger partial charge in [0.25, 0.3) is 0 Å². The van der Waals surface area contributed by atoms with Crippen LogP contribution >= 0.6 is 0 Å². The molecule has 1 fully saturated rings. The minimum atomic E-state index is -0.0804. The molecule has 1 saturated heterocycles. The van der Waals surface area contributed by atoms with E-state index < -0.39 is 0 Å². The zero-order chi connectivity index (χ0) is 17.4. The van der Waals surface area contributed by atoms with Gasteiger partial charge >= 0.3 is 0 Å². The summed E-state index contributed by atoms with van der Waals surface area (Å²) >= 11 is 0. The first kappa shape index (κ1) is 18.2. The summed E-state index contributed by atoms with van der Waals surface area (Å²) in [5.74, 6) is 0.623. The number of benzene rings is 1. The van der Waals surface area contributed by atoms with Crippen molar-refractivity contribution in [3.05, 3.63) is 24.3 Å². The van der Waals surface area contributed by atoms with Gasteiger partial charge < -0.3 is 21.1 Å². The maximum atomic E-state index is 12.2. The third-order valence-corrected chi connectivity index (χ3v) is 4.06. The normalized spacial score (nSPS) is 18.0. The minimum Gasteiger partial charge on any atom is -0.497 e. The molecule has 7 nitrogen and oxygen atoms in total. The Labute approximate surface area is 142 Å². The van der Waals surface area contributed by atoms with E-state index in [1.165, 1.54) is 0 Å². The Bertz CT molecular complexity index is 547. The van der Waals surface area contributed by atoms with Gasteiger partial charge in [-0.3, -0.25) is 14.5 Å². The SMILES string of the molecule is COc1ccc(NC(=O)CN2CCCC(C(=O)NCCN)C2)cc1. The Morgan fingerprint density at radius 2 is 2.08 bits per heavy atom. The van der Waals surface area contributed by atoms with Crippen molar-refractivity contribution in [3.63, 3.8) is 0 Å². The molecule has 24 heavy (non-hydrogen) atoms. The van der Waals surface area contributed by atoms with Gasteiger partial charge in [-0.05, 0) is 43.7 Å². The second-order valence-electron chi connectivity index (χ2n) is 5.93. The van der Waals surface area contributed by atoms with Crippen LogP contribution in [0.25, 0.3) is 0 Å².